The van der Waals surface area contributed by atoms with Crippen LogP contribution in [0.25, 0.3) is 0 Å². The molecule has 0 spiro atoms. The van der Waals surface area contributed by atoms with E-state index in [0.29, 0.717) is 5.02 Å². The highest BCUT2D eigenvalue weighted by molar-refractivity contribution is 7.92. The second-order valence-corrected chi connectivity index (χ2v) is 9.66. The summed E-state index contributed by atoms with van der Waals surface area (Å²) >= 11 is 5.80. The lowest BCUT2D eigenvalue weighted by atomic mass is 9.96. The number of anilines is 1. The molecule has 3 amide bonds. The van der Waals surface area contributed by atoms with E-state index < -0.39 is 34.5 Å². The Morgan fingerprint density at radius 3 is 2.33 bits per heavy atom. The van der Waals surface area contributed by atoms with Crippen molar-refractivity contribution < 1.29 is 27.5 Å². The molecule has 3 rings (SSSR count). The number of hydrogen-bond acceptors (Lipinski definition) is 6. The van der Waals surface area contributed by atoms with Gasteiger partial charge in [0.05, 0.1) is 16.1 Å². The molecule has 0 aromatic heterocycles. The van der Waals surface area contributed by atoms with Crippen molar-refractivity contribution in [2.24, 2.45) is 0 Å². The summed E-state index contributed by atoms with van der Waals surface area (Å²) in [5.74, 6) is -1.72. The van der Waals surface area contributed by atoms with Crippen LogP contribution in [0.1, 0.15) is 42.5 Å². The summed E-state index contributed by atoms with van der Waals surface area (Å²) in [6, 6.07) is 10.7. The van der Waals surface area contributed by atoms with Crippen LogP contribution in [0.15, 0.2) is 53.4 Å². The summed E-state index contributed by atoms with van der Waals surface area (Å²) in [6.07, 6.45) is 4.90. The van der Waals surface area contributed by atoms with Crippen molar-refractivity contribution in [2.45, 2.75) is 43.0 Å². The lowest BCUT2D eigenvalue weighted by Crippen LogP contribution is -2.46. The number of esters is 1. The molecule has 1 saturated carbocycles. The van der Waals surface area contributed by atoms with Crippen LogP contribution in [-0.4, -0.2) is 39.0 Å². The van der Waals surface area contributed by atoms with Crippen molar-refractivity contribution in [3.05, 3.63) is 59.1 Å². The summed E-state index contributed by atoms with van der Waals surface area (Å²) in [5, 5.41) is 5.23. The zero-order valence-electron chi connectivity index (χ0n) is 17.7. The molecule has 11 heteroatoms. The fraction of sp³-hybridized carbons (Fsp3) is 0.318. The normalized spacial score (nSPS) is 14.2. The molecule has 0 aliphatic heterocycles. The second-order valence-electron chi connectivity index (χ2n) is 7.54. The predicted octanol–water partition coefficient (Wildman–Crippen LogP) is 3.46. The van der Waals surface area contributed by atoms with Crippen LogP contribution >= 0.6 is 11.6 Å². The predicted molar refractivity (Wildman–Crippen MR) is 123 cm³/mol. The van der Waals surface area contributed by atoms with Gasteiger partial charge >= 0.3 is 12.0 Å². The van der Waals surface area contributed by atoms with Gasteiger partial charge in [0.1, 0.15) is 0 Å². The molecule has 0 saturated heterocycles. The molecule has 9 nitrogen and oxygen atoms in total. The van der Waals surface area contributed by atoms with Gasteiger partial charge in [-0.15, -0.1) is 0 Å². The lowest BCUT2D eigenvalue weighted by molar-refractivity contribution is -0.123. The number of urea groups is 1. The van der Waals surface area contributed by atoms with Crippen molar-refractivity contribution >= 4 is 45.2 Å². The van der Waals surface area contributed by atoms with Crippen molar-refractivity contribution in [1.82, 2.24) is 10.6 Å². The SMILES string of the molecule is O=C(COC(=O)c1ccccc1NS(=O)(=O)c1ccc(Cl)cc1)NC(=O)NC1CCCCC1. The monoisotopic (exact) mass is 493 g/mol. The summed E-state index contributed by atoms with van der Waals surface area (Å²) < 4.78 is 32.6. The first-order chi connectivity index (χ1) is 15.7. The second kappa shape index (κ2) is 11.2. The van der Waals surface area contributed by atoms with Crippen molar-refractivity contribution in [2.75, 3.05) is 11.3 Å². The first kappa shape index (κ1) is 24.5. The Morgan fingerprint density at radius 2 is 1.64 bits per heavy atom. The van der Waals surface area contributed by atoms with Crippen molar-refractivity contribution in [1.29, 1.82) is 0 Å². The Hall–Kier alpha value is -3.11. The van der Waals surface area contributed by atoms with Gasteiger partial charge < -0.3 is 10.1 Å². The molecule has 2 aromatic rings. The van der Waals surface area contributed by atoms with Crippen LogP contribution in [0.3, 0.4) is 0 Å². The number of carbonyl (C=O) groups excluding carboxylic acids is 3. The Morgan fingerprint density at radius 1 is 0.970 bits per heavy atom. The summed E-state index contributed by atoms with van der Waals surface area (Å²) in [6.45, 7) is -0.699. The van der Waals surface area contributed by atoms with E-state index in [-0.39, 0.29) is 22.2 Å². The zero-order valence-corrected chi connectivity index (χ0v) is 19.2. The maximum Gasteiger partial charge on any atom is 0.340 e. The summed E-state index contributed by atoms with van der Waals surface area (Å²) in [4.78, 5) is 36.4. The molecule has 0 heterocycles. The summed E-state index contributed by atoms with van der Waals surface area (Å²) in [7, 11) is -4.00. The topological polar surface area (TPSA) is 131 Å². The van der Waals surface area contributed by atoms with Crippen molar-refractivity contribution in [3.63, 3.8) is 0 Å². The van der Waals surface area contributed by atoms with E-state index >= 15 is 0 Å². The van der Waals surface area contributed by atoms with E-state index in [1.807, 2.05) is 0 Å². The highest BCUT2D eigenvalue weighted by Crippen LogP contribution is 2.22. The van der Waals surface area contributed by atoms with E-state index in [9.17, 15) is 22.8 Å². The molecule has 3 N–H and O–H groups in total. The Kier molecular flexibility index (Phi) is 8.29. The van der Waals surface area contributed by atoms with Gasteiger partial charge in [0.25, 0.3) is 15.9 Å². The van der Waals surface area contributed by atoms with E-state index in [0.717, 1.165) is 32.1 Å². The number of para-hydroxylation sites is 1. The van der Waals surface area contributed by atoms with Crippen molar-refractivity contribution in [3.8, 4) is 0 Å². The number of halogens is 1. The average molecular weight is 494 g/mol. The minimum Gasteiger partial charge on any atom is -0.452 e. The smallest absolute Gasteiger partial charge is 0.340 e. The van der Waals surface area contributed by atoms with Gasteiger partial charge in [-0.05, 0) is 49.2 Å². The molecule has 1 aliphatic carbocycles. The summed E-state index contributed by atoms with van der Waals surface area (Å²) in [5.41, 5.74) is -0.109. The van der Waals surface area contributed by atoms with E-state index in [1.165, 1.54) is 42.5 Å². The van der Waals surface area contributed by atoms with E-state index in [1.54, 1.807) is 6.07 Å². The van der Waals surface area contributed by atoms with E-state index in [2.05, 4.69) is 15.4 Å². The van der Waals surface area contributed by atoms with Gasteiger partial charge in [-0.1, -0.05) is 43.0 Å². The molecular weight excluding hydrogens is 470 g/mol. The highest BCUT2D eigenvalue weighted by atomic mass is 35.5. The maximum absolute atomic E-state index is 12.6. The lowest BCUT2D eigenvalue weighted by Gasteiger charge is -2.22. The number of sulfonamides is 1. The molecule has 1 fully saturated rings. The Labute approximate surface area is 196 Å². The van der Waals surface area contributed by atoms with Gasteiger partial charge in [0.2, 0.25) is 0 Å². The first-order valence-corrected chi connectivity index (χ1v) is 12.3. The number of benzene rings is 2. The van der Waals surface area contributed by atoms with Gasteiger partial charge in [-0.2, -0.15) is 0 Å². The number of carbonyl (C=O) groups is 3. The van der Waals surface area contributed by atoms with E-state index in [4.69, 9.17) is 16.3 Å². The average Bonchev–Trinajstić information content (AvgIpc) is 2.78. The molecular formula is C22H24ClN3O6S. The van der Waals surface area contributed by atoms with Gasteiger partial charge in [-0.3, -0.25) is 14.8 Å². The maximum atomic E-state index is 12.6. The standard InChI is InChI=1S/C22H24ClN3O6S/c23-15-10-12-17(13-11-15)33(30,31)26-19-9-5-4-8-18(19)21(28)32-14-20(27)25-22(29)24-16-6-2-1-3-7-16/h4-5,8-13,16,26H,1-3,6-7,14H2,(H2,24,25,27,29). The fourth-order valence-electron chi connectivity index (χ4n) is 3.41. The molecule has 1 aliphatic rings. The van der Waals surface area contributed by atoms with Gasteiger partial charge in [-0.25, -0.2) is 18.0 Å². The van der Waals surface area contributed by atoms with Gasteiger partial charge in [0.15, 0.2) is 6.61 Å². The quantitative estimate of drug-likeness (QED) is 0.506. The number of hydrogen-bond donors (Lipinski definition) is 3. The fourth-order valence-corrected chi connectivity index (χ4v) is 4.61. The Balaban J connectivity index is 1.57. The number of nitrogens with one attached hydrogen (secondary N) is 3. The van der Waals surface area contributed by atoms with Crippen LogP contribution in [0.2, 0.25) is 5.02 Å². The molecule has 33 heavy (non-hydrogen) atoms. The molecule has 0 bridgehead atoms. The van der Waals surface area contributed by atoms with Crippen LogP contribution in [0.5, 0.6) is 0 Å². The minimum absolute atomic E-state index is 0.0205. The van der Waals surface area contributed by atoms with Crippen LogP contribution < -0.4 is 15.4 Å². The molecule has 2 aromatic carbocycles. The largest absolute Gasteiger partial charge is 0.452 e. The molecule has 0 unspecified atom stereocenters. The third-order valence-corrected chi connectivity index (χ3v) is 6.68. The first-order valence-electron chi connectivity index (χ1n) is 10.4. The van der Waals surface area contributed by atoms with Crippen LogP contribution in [-0.2, 0) is 19.6 Å². The molecule has 176 valence electrons. The number of rotatable bonds is 7. The number of ether oxygens (including phenoxy) is 1. The minimum atomic E-state index is -4.00. The highest BCUT2D eigenvalue weighted by Gasteiger charge is 2.21. The number of imide groups is 1. The van der Waals surface area contributed by atoms with Crippen LogP contribution in [0, 0.1) is 0 Å². The van der Waals surface area contributed by atoms with Gasteiger partial charge in [0, 0.05) is 11.1 Å². The Bertz CT molecular complexity index is 1120. The third-order valence-electron chi connectivity index (χ3n) is 5.04. The van der Waals surface area contributed by atoms with Crippen LogP contribution in [0.4, 0.5) is 10.5 Å². The number of amides is 3. The molecule has 0 atom stereocenters. The third kappa shape index (κ3) is 7.19. The zero-order chi connectivity index (χ0) is 23.8. The molecule has 0 radical (unpaired) electrons.